The molecule has 0 amide bonds. The van der Waals surface area contributed by atoms with Crippen LogP contribution < -0.4 is 5.32 Å². The van der Waals surface area contributed by atoms with E-state index in [1.54, 1.807) is 0 Å². The van der Waals surface area contributed by atoms with Gasteiger partial charge in [0.05, 0.1) is 18.8 Å². The van der Waals surface area contributed by atoms with E-state index in [4.69, 9.17) is 4.74 Å². The molecule has 4 unspecified atom stereocenters. The summed E-state index contributed by atoms with van der Waals surface area (Å²) in [6.07, 6.45) is 7.10. The molecule has 0 aliphatic heterocycles. The van der Waals surface area contributed by atoms with Crippen LogP contribution in [-0.2, 0) is 4.74 Å². The molecule has 4 heteroatoms. The molecule has 1 aliphatic rings. The van der Waals surface area contributed by atoms with Gasteiger partial charge in [0, 0.05) is 18.3 Å². The fourth-order valence-corrected chi connectivity index (χ4v) is 3.09. The first-order valence-corrected chi connectivity index (χ1v) is 8.54. The van der Waals surface area contributed by atoms with Crippen molar-refractivity contribution in [2.24, 2.45) is 5.92 Å². The van der Waals surface area contributed by atoms with E-state index < -0.39 is 0 Å². The smallest absolute Gasteiger partial charge is 0.0897 e. The molecule has 0 aromatic carbocycles. The Balaban J connectivity index is 2.10. The summed E-state index contributed by atoms with van der Waals surface area (Å²) in [4.78, 5) is 0. The average molecular weight is 275 g/mol. The maximum atomic E-state index is 9.89. The van der Waals surface area contributed by atoms with Crippen molar-refractivity contribution >= 4 is 11.8 Å². The lowest BCUT2D eigenvalue weighted by Gasteiger charge is -2.29. The topological polar surface area (TPSA) is 41.5 Å². The summed E-state index contributed by atoms with van der Waals surface area (Å²) < 4.78 is 5.85. The molecule has 3 nitrogen and oxygen atoms in total. The van der Waals surface area contributed by atoms with Crippen molar-refractivity contribution in [1.82, 2.24) is 5.32 Å². The van der Waals surface area contributed by atoms with Gasteiger partial charge in [-0.15, -0.1) is 0 Å². The Morgan fingerprint density at radius 2 is 2.11 bits per heavy atom. The van der Waals surface area contributed by atoms with Crippen molar-refractivity contribution in [1.29, 1.82) is 0 Å². The Morgan fingerprint density at radius 3 is 2.78 bits per heavy atom. The molecule has 108 valence electrons. The van der Waals surface area contributed by atoms with E-state index in [0.717, 1.165) is 12.2 Å². The molecule has 0 heterocycles. The Labute approximate surface area is 116 Å². The molecule has 18 heavy (non-hydrogen) atoms. The first-order chi connectivity index (χ1) is 8.63. The Hall–Kier alpha value is 0.230. The molecular weight excluding hydrogens is 246 g/mol. The number of nitrogens with one attached hydrogen (secondary N) is 1. The molecule has 1 fully saturated rings. The van der Waals surface area contributed by atoms with Gasteiger partial charge in [-0.2, -0.15) is 11.8 Å². The van der Waals surface area contributed by atoms with Crippen LogP contribution in [0.5, 0.6) is 0 Å². The highest BCUT2D eigenvalue weighted by atomic mass is 32.2. The number of ether oxygens (including phenoxy) is 1. The summed E-state index contributed by atoms with van der Waals surface area (Å²) >= 11 is 1.82. The largest absolute Gasteiger partial charge is 0.389 e. The van der Waals surface area contributed by atoms with Crippen molar-refractivity contribution in [3.8, 4) is 0 Å². The number of aliphatic hydroxyl groups excluding tert-OH is 1. The zero-order valence-corrected chi connectivity index (χ0v) is 12.8. The first-order valence-electron chi connectivity index (χ1n) is 7.15. The molecule has 0 bridgehead atoms. The fraction of sp³-hybridized carbons (Fsp3) is 1.00. The molecule has 0 radical (unpaired) electrons. The van der Waals surface area contributed by atoms with Gasteiger partial charge in [0.1, 0.15) is 0 Å². The van der Waals surface area contributed by atoms with Crippen LogP contribution in [0.15, 0.2) is 0 Å². The second-order valence-electron chi connectivity index (χ2n) is 5.55. The molecule has 0 aromatic heterocycles. The SMILES string of the molecule is CSCC(C)NCC(O)COC1CCCCC1C. The summed E-state index contributed by atoms with van der Waals surface area (Å²) in [5.41, 5.74) is 0. The summed E-state index contributed by atoms with van der Waals surface area (Å²) in [5, 5.41) is 13.2. The number of aliphatic hydroxyl groups is 1. The minimum absolute atomic E-state index is 0.358. The van der Waals surface area contributed by atoms with Crippen LogP contribution in [0.2, 0.25) is 0 Å². The van der Waals surface area contributed by atoms with Gasteiger partial charge in [-0.25, -0.2) is 0 Å². The molecular formula is C14H29NO2S. The second kappa shape index (κ2) is 9.18. The van der Waals surface area contributed by atoms with Gasteiger partial charge in [-0.1, -0.05) is 19.8 Å². The highest BCUT2D eigenvalue weighted by Crippen LogP contribution is 2.26. The van der Waals surface area contributed by atoms with E-state index in [-0.39, 0.29) is 6.10 Å². The minimum atomic E-state index is -0.386. The van der Waals surface area contributed by atoms with Gasteiger partial charge in [0.2, 0.25) is 0 Å². The number of hydrogen-bond donors (Lipinski definition) is 2. The molecule has 1 saturated carbocycles. The quantitative estimate of drug-likeness (QED) is 0.713. The van der Waals surface area contributed by atoms with E-state index in [9.17, 15) is 5.11 Å². The van der Waals surface area contributed by atoms with Crippen LogP contribution in [0.3, 0.4) is 0 Å². The second-order valence-corrected chi connectivity index (χ2v) is 6.46. The summed E-state index contributed by atoms with van der Waals surface area (Å²) in [6, 6.07) is 0.447. The van der Waals surface area contributed by atoms with E-state index >= 15 is 0 Å². The lowest BCUT2D eigenvalue weighted by molar-refractivity contribution is -0.0454. The van der Waals surface area contributed by atoms with Crippen molar-refractivity contribution < 1.29 is 9.84 Å². The molecule has 1 aliphatic carbocycles. The monoisotopic (exact) mass is 275 g/mol. The number of thioether (sulfide) groups is 1. The van der Waals surface area contributed by atoms with Crippen LogP contribution in [0.25, 0.3) is 0 Å². The maximum Gasteiger partial charge on any atom is 0.0897 e. The average Bonchev–Trinajstić information content (AvgIpc) is 2.36. The van der Waals surface area contributed by atoms with Crippen molar-refractivity contribution in [3.05, 3.63) is 0 Å². The van der Waals surface area contributed by atoms with E-state index in [0.29, 0.717) is 31.2 Å². The van der Waals surface area contributed by atoms with Gasteiger partial charge in [0.15, 0.2) is 0 Å². The zero-order valence-electron chi connectivity index (χ0n) is 12.0. The highest BCUT2D eigenvalue weighted by molar-refractivity contribution is 7.98. The third-order valence-electron chi connectivity index (χ3n) is 3.65. The molecule has 0 spiro atoms. The lowest BCUT2D eigenvalue weighted by Crippen LogP contribution is -2.38. The summed E-state index contributed by atoms with van der Waals surface area (Å²) in [6.45, 7) is 5.50. The Bertz CT molecular complexity index is 216. The maximum absolute atomic E-state index is 9.89. The van der Waals surface area contributed by atoms with Gasteiger partial charge >= 0.3 is 0 Å². The van der Waals surface area contributed by atoms with Gasteiger partial charge < -0.3 is 15.2 Å². The zero-order chi connectivity index (χ0) is 13.4. The predicted molar refractivity (Wildman–Crippen MR) is 79.2 cm³/mol. The predicted octanol–water partition coefficient (Wildman–Crippen LogP) is 2.28. The van der Waals surface area contributed by atoms with Crippen molar-refractivity contribution in [2.75, 3.05) is 25.2 Å². The van der Waals surface area contributed by atoms with Gasteiger partial charge in [-0.3, -0.25) is 0 Å². The third-order valence-corrected chi connectivity index (χ3v) is 4.49. The van der Waals surface area contributed by atoms with Crippen LogP contribution in [0.4, 0.5) is 0 Å². The van der Waals surface area contributed by atoms with E-state index in [2.05, 4.69) is 25.4 Å². The van der Waals surface area contributed by atoms with Crippen molar-refractivity contribution in [3.63, 3.8) is 0 Å². The summed E-state index contributed by atoms with van der Waals surface area (Å²) in [7, 11) is 0. The van der Waals surface area contributed by atoms with Crippen LogP contribution in [0, 0.1) is 5.92 Å². The Morgan fingerprint density at radius 1 is 1.39 bits per heavy atom. The molecule has 0 saturated heterocycles. The van der Waals surface area contributed by atoms with E-state index in [1.807, 2.05) is 11.8 Å². The first kappa shape index (κ1) is 16.3. The minimum Gasteiger partial charge on any atom is -0.389 e. The van der Waals surface area contributed by atoms with Crippen LogP contribution >= 0.6 is 11.8 Å². The van der Waals surface area contributed by atoms with Crippen LogP contribution in [-0.4, -0.2) is 48.5 Å². The highest BCUT2D eigenvalue weighted by Gasteiger charge is 2.22. The molecule has 4 atom stereocenters. The van der Waals surface area contributed by atoms with Crippen molar-refractivity contribution in [2.45, 2.75) is 57.8 Å². The normalized spacial score (nSPS) is 28.0. The molecule has 1 rings (SSSR count). The molecule has 0 aromatic rings. The standard InChI is InChI=1S/C14H29NO2S/c1-11-6-4-5-7-14(11)17-9-13(16)8-15-12(2)10-18-3/h11-16H,4-10H2,1-3H3. The summed E-state index contributed by atoms with van der Waals surface area (Å²) in [5.74, 6) is 1.72. The molecule has 2 N–H and O–H groups in total. The third kappa shape index (κ3) is 6.41. The van der Waals surface area contributed by atoms with Gasteiger partial charge in [0.25, 0.3) is 0 Å². The van der Waals surface area contributed by atoms with E-state index in [1.165, 1.54) is 19.3 Å². The lowest BCUT2D eigenvalue weighted by atomic mass is 9.88. The number of hydrogen-bond acceptors (Lipinski definition) is 4. The number of rotatable bonds is 8. The fourth-order valence-electron chi connectivity index (χ4n) is 2.47. The van der Waals surface area contributed by atoms with Crippen LogP contribution in [0.1, 0.15) is 39.5 Å². The van der Waals surface area contributed by atoms with Gasteiger partial charge in [-0.05, 0) is 31.9 Å². The Kier molecular flexibility index (Phi) is 8.31.